The minimum Gasteiger partial charge on any atom is -0.497 e. The molecule has 0 saturated carbocycles. The summed E-state index contributed by atoms with van der Waals surface area (Å²) in [6, 6.07) is 12.0. The van der Waals surface area contributed by atoms with Crippen molar-refractivity contribution in [3.8, 4) is 5.75 Å². The molecule has 122 valence electrons. The fourth-order valence-corrected chi connectivity index (χ4v) is 3.22. The van der Waals surface area contributed by atoms with Gasteiger partial charge in [-0.1, -0.05) is 19.1 Å². The molecule has 1 unspecified atom stereocenters. The zero-order valence-corrected chi connectivity index (χ0v) is 13.8. The molecule has 1 amide bonds. The molecule has 23 heavy (non-hydrogen) atoms. The number of rotatable bonds is 4. The summed E-state index contributed by atoms with van der Waals surface area (Å²) in [6.07, 6.45) is 2.21. The number of amides is 1. The average Bonchev–Trinajstić information content (AvgIpc) is 2.60. The van der Waals surface area contributed by atoms with Crippen LogP contribution in [-0.4, -0.2) is 43.6 Å². The van der Waals surface area contributed by atoms with Crippen LogP contribution in [-0.2, 0) is 0 Å². The monoisotopic (exact) mass is 312 g/mol. The number of carbonyl (C=O) groups excluding carboxylic acids is 1. The van der Waals surface area contributed by atoms with Crippen LogP contribution in [0.25, 0.3) is 10.8 Å². The van der Waals surface area contributed by atoms with Crippen molar-refractivity contribution in [2.75, 3.05) is 26.7 Å². The standard InChI is InChI=1S/C19H24N2O2/c1-3-21-10-4-5-17(13-21)20-19(22)16-7-6-15-12-18(23-2)9-8-14(15)11-16/h6-9,11-12,17H,3-5,10,13H2,1-2H3,(H,20,22). The van der Waals surface area contributed by atoms with Gasteiger partial charge in [0.2, 0.25) is 0 Å². The summed E-state index contributed by atoms with van der Waals surface area (Å²) in [4.78, 5) is 14.9. The van der Waals surface area contributed by atoms with Gasteiger partial charge < -0.3 is 15.0 Å². The number of hydrogen-bond donors (Lipinski definition) is 1. The van der Waals surface area contributed by atoms with E-state index in [9.17, 15) is 4.79 Å². The molecule has 1 saturated heterocycles. The molecule has 0 aliphatic carbocycles. The second kappa shape index (κ2) is 7.01. The van der Waals surface area contributed by atoms with Crippen molar-refractivity contribution >= 4 is 16.7 Å². The summed E-state index contributed by atoms with van der Waals surface area (Å²) in [6.45, 7) is 5.31. The van der Waals surface area contributed by atoms with Crippen LogP contribution < -0.4 is 10.1 Å². The van der Waals surface area contributed by atoms with Crippen molar-refractivity contribution in [1.29, 1.82) is 0 Å². The molecule has 1 aliphatic rings. The first-order chi connectivity index (χ1) is 11.2. The third-order valence-corrected chi connectivity index (χ3v) is 4.60. The van der Waals surface area contributed by atoms with E-state index in [2.05, 4.69) is 17.1 Å². The number of benzene rings is 2. The summed E-state index contributed by atoms with van der Waals surface area (Å²) < 4.78 is 5.24. The van der Waals surface area contributed by atoms with E-state index in [4.69, 9.17) is 4.74 Å². The summed E-state index contributed by atoms with van der Waals surface area (Å²) in [7, 11) is 1.66. The Morgan fingerprint density at radius 3 is 2.83 bits per heavy atom. The second-order valence-electron chi connectivity index (χ2n) is 6.13. The molecule has 2 aromatic carbocycles. The Morgan fingerprint density at radius 1 is 1.26 bits per heavy atom. The van der Waals surface area contributed by atoms with E-state index >= 15 is 0 Å². The van der Waals surface area contributed by atoms with Crippen LogP contribution in [0, 0.1) is 0 Å². The van der Waals surface area contributed by atoms with Crippen molar-refractivity contribution < 1.29 is 9.53 Å². The molecular weight excluding hydrogens is 288 g/mol. The number of carbonyl (C=O) groups is 1. The third-order valence-electron chi connectivity index (χ3n) is 4.60. The lowest BCUT2D eigenvalue weighted by Gasteiger charge is -2.32. The smallest absolute Gasteiger partial charge is 0.251 e. The first kappa shape index (κ1) is 15.8. The highest BCUT2D eigenvalue weighted by atomic mass is 16.5. The lowest BCUT2D eigenvalue weighted by atomic mass is 10.0. The predicted octanol–water partition coefficient (Wildman–Crippen LogP) is 3.06. The van der Waals surface area contributed by atoms with E-state index in [1.807, 2.05) is 36.4 Å². The Hall–Kier alpha value is -2.07. The van der Waals surface area contributed by atoms with Gasteiger partial charge in [0.05, 0.1) is 7.11 Å². The number of likely N-dealkylation sites (tertiary alicyclic amines) is 1. The normalized spacial score (nSPS) is 18.8. The molecule has 4 nitrogen and oxygen atoms in total. The summed E-state index contributed by atoms with van der Waals surface area (Å²) in [5.74, 6) is 0.849. The van der Waals surface area contributed by atoms with Gasteiger partial charge in [-0.05, 0) is 61.0 Å². The molecule has 1 fully saturated rings. The maximum Gasteiger partial charge on any atom is 0.251 e. The van der Waals surface area contributed by atoms with Crippen LogP contribution in [0.2, 0.25) is 0 Å². The van der Waals surface area contributed by atoms with Gasteiger partial charge in [0, 0.05) is 18.2 Å². The summed E-state index contributed by atoms with van der Waals surface area (Å²) >= 11 is 0. The van der Waals surface area contributed by atoms with Crippen molar-refractivity contribution in [3.63, 3.8) is 0 Å². The average molecular weight is 312 g/mol. The fraction of sp³-hybridized carbons (Fsp3) is 0.421. The van der Waals surface area contributed by atoms with E-state index in [1.165, 1.54) is 0 Å². The van der Waals surface area contributed by atoms with E-state index in [-0.39, 0.29) is 11.9 Å². The first-order valence-corrected chi connectivity index (χ1v) is 8.30. The van der Waals surface area contributed by atoms with Crippen molar-refractivity contribution in [2.24, 2.45) is 0 Å². The highest BCUT2D eigenvalue weighted by molar-refractivity contribution is 5.99. The molecule has 0 aromatic heterocycles. The zero-order valence-electron chi connectivity index (χ0n) is 13.8. The van der Waals surface area contributed by atoms with Crippen LogP contribution >= 0.6 is 0 Å². The molecule has 0 spiro atoms. The number of ether oxygens (including phenoxy) is 1. The third kappa shape index (κ3) is 3.64. The second-order valence-corrected chi connectivity index (χ2v) is 6.13. The van der Waals surface area contributed by atoms with E-state index < -0.39 is 0 Å². The predicted molar refractivity (Wildman–Crippen MR) is 93.1 cm³/mol. The van der Waals surface area contributed by atoms with Gasteiger partial charge in [-0.15, -0.1) is 0 Å². The molecule has 1 N–H and O–H groups in total. The van der Waals surface area contributed by atoms with Gasteiger partial charge in [-0.25, -0.2) is 0 Å². The lowest BCUT2D eigenvalue weighted by molar-refractivity contribution is 0.0906. The Balaban J connectivity index is 1.73. The number of piperidine rings is 1. The summed E-state index contributed by atoms with van der Waals surface area (Å²) in [5, 5.41) is 5.31. The SMILES string of the molecule is CCN1CCCC(NC(=O)c2ccc3cc(OC)ccc3c2)C1. The number of methoxy groups -OCH3 is 1. The Kier molecular flexibility index (Phi) is 4.82. The first-order valence-electron chi connectivity index (χ1n) is 8.30. The Morgan fingerprint density at radius 2 is 2.04 bits per heavy atom. The van der Waals surface area contributed by atoms with Gasteiger partial charge >= 0.3 is 0 Å². The van der Waals surface area contributed by atoms with Crippen LogP contribution in [0.5, 0.6) is 5.75 Å². The van der Waals surface area contributed by atoms with Gasteiger partial charge in [-0.3, -0.25) is 4.79 Å². The van der Waals surface area contributed by atoms with Crippen LogP contribution in [0.1, 0.15) is 30.1 Å². The zero-order chi connectivity index (χ0) is 16.2. The molecule has 1 heterocycles. The number of nitrogens with one attached hydrogen (secondary N) is 1. The van der Waals surface area contributed by atoms with Crippen molar-refractivity contribution in [2.45, 2.75) is 25.8 Å². The molecule has 0 bridgehead atoms. The number of fused-ring (bicyclic) bond motifs is 1. The Bertz CT molecular complexity index is 699. The maximum absolute atomic E-state index is 12.5. The van der Waals surface area contributed by atoms with Crippen LogP contribution in [0.15, 0.2) is 36.4 Å². The molecule has 1 aliphatic heterocycles. The van der Waals surface area contributed by atoms with Crippen molar-refractivity contribution in [1.82, 2.24) is 10.2 Å². The molecule has 3 rings (SSSR count). The fourth-order valence-electron chi connectivity index (χ4n) is 3.22. The van der Waals surface area contributed by atoms with Crippen LogP contribution in [0.3, 0.4) is 0 Å². The lowest BCUT2D eigenvalue weighted by Crippen LogP contribution is -2.47. The Labute approximate surface area is 137 Å². The topological polar surface area (TPSA) is 41.6 Å². The van der Waals surface area contributed by atoms with E-state index in [1.54, 1.807) is 7.11 Å². The molecule has 4 heteroatoms. The van der Waals surface area contributed by atoms with Gasteiger partial charge in [-0.2, -0.15) is 0 Å². The minimum absolute atomic E-state index is 0.0191. The molecular formula is C19H24N2O2. The van der Waals surface area contributed by atoms with E-state index in [0.717, 1.165) is 54.6 Å². The highest BCUT2D eigenvalue weighted by Gasteiger charge is 2.20. The molecule has 2 aromatic rings. The largest absolute Gasteiger partial charge is 0.497 e. The minimum atomic E-state index is 0.0191. The van der Waals surface area contributed by atoms with E-state index in [0.29, 0.717) is 0 Å². The number of hydrogen-bond acceptors (Lipinski definition) is 3. The van der Waals surface area contributed by atoms with Gasteiger partial charge in [0.1, 0.15) is 5.75 Å². The quantitative estimate of drug-likeness (QED) is 0.943. The maximum atomic E-state index is 12.5. The highest BCUT2D eigenvalue weighted by Crippen LogP contribution is 2.22. The van der Waals surface area contributed by atoms with Crippen LogP contribution in [0.4, 0.5) is 0 Å². The summed E-state index contributed by atoms with van der Waals surface area (Å²) in [5.41, 5.74) is 0.719. The van der Waals surface area contributed by atoms with Crippen molar-refractivity contribution in [3.05, 3.63) is 42.0 Å². The van der Waals surface area contributed by atoms with Gasteiger partial charge in [0.25, 0.3) is 5.91 Å². The number of nitrogens with zero attached hydrogens (tertiary/aromatic N) is 1. The number of likely N-dealkylation sites (N-methyl/N-ethyl adjacent to an activating group) is 1. The van der Waals surface area contributed by atoms with Gasteiger partial charge in [0.15, 0.2) is 0 Å². The molecule has 1 atom stereocenters. The molecule has 0 radical (unpaired) electrons.